The number of carbonyl (C=O) groups is 1. The molecule has 1 heterocycles. The molecule has 1 amide bonds. The smallest absolute Gasteiger partial charge is 0.249 e. The summed E-state index contributed by atoms with van der Waals surface area (Å²) in [5.41, 5.74) is 1.13. The number of nitrogens with zero attached hydrogens (tertiary/aromatic N) is 1. The molecule has 1 atom stereocenters. The molecule has 0 radical (unpaired) electrons. The molecule has 2 aliphatic rings. The average molecular weight is 275 g/mol. The first-order chi connectivity index (χ1) is 9.77. The number of hydrogen-bond acceptors (Lipinski definition) is 2. The summed E-state index contributed by atoms with van der Waals surface area (Å²) in [5.74, 6) is 0.337. The molecular weight excluding hydrogens is 250 g/mol. The van der Waals surface area contributed by atoms with Crippen molar-refractivity contribution < 1.29 is 9.63 Å². The molecule has 3 heteroatoms. The molecule has 0 spiro atoms. The Bertz CT molecular complexity index is 405. The predicted molar refractivity (Wildman–Crippen MR) is 80.9 cm³/mol. The van der Waals surface area contributed by atoms with Crippen LogP contribution in [0.2, 0.25) is 0 Å². The minimum atomic E-state index is 0.0608. The minimum Gasteiger partial charge on any atom is -0.272 e. The number of rotatable bonds is 4. The Morgan fingerprint density at radius 1 is 1.25 bits per heavy atom. The Labute approximate surface area is 121 Å². The highest BCUT2D eigenvalue weighted by Crippen LogP contribution is 2.30. The van der Waals surface area contributed by atoms with Gasteiger partial charge >= 0.3 is 0 Å². The van der Waals surface area contributed by atoms with E-state index in [2.05, 4.69) is 12.7 Å². The minimum absolute atomic E-state index is 0.0608. The highest BCUT2D eigenvalue weighted by atomic mass is 16.7. The summed E-state index contributed by atoms with van der Waals surface area (Å²) in [6.45, 7) is 6.33. The second kappa shape index (κ2) is 7.44. The van der Waals surface area contributed by atoms with Crippen molar-refractivity contribution in [2.45, 2.75) is 51.5 Å². The van der Waals surface area contributed by atoms with E-state index in [4.69, 9.17) is 4.84 Å². The lowest BCUT2D eigenvalue weighted by atomic mass is 9.88. The SMILES string of the molecule is C=C/C=C\C(=C/C)[C@@H]1CCON1C(=O)C1CCCCC1. The molecule has 0 aromatic rings. The van der Waals surface area contributed by atoms with E-state index in [0.29, 0.717) is 6.61 Å². The molecule has 2 rings (SSSR count). The van der Waals surface area contributed by atoms with Crippen molar-refractivity contribution in [1.82, 2.24) is 5.06 Å². The number of hydrogen-bond donors (Lipinski definition) is 0. The average Bonchev–Trinajstić information content (AvgIpc) is 2.97. The maximum Gasteiger partial charge on any atom is 0.249 e. The fourth-order valence-electron chi connectivity index (χ4n) is 3.10. The Morgan fingerprint density at radius 3 is 2.65 bits per heavy atom. The monoisotopic (exact) mass is 275 g/mol. The molecule has 110 valence electrons. The van der Waals surface area contributed by atoms with Gasteiger partial charge in [0.15, 0.2) is 0 Å². The molecule has 1 aliphatic heterocycles. The van der Waals surface area contributed by atoms with Crippen LogP contribution >= 0.6 is 0 Å². The first-order valence-corrected chi connectivity index (χ1v) is 7.69. The third kappa shape index (κ3) is 3.40. The molecule has 0 bridgehead atoms. The maximum absolute atomic E-state index is 12.6. The van der Waals surface area contributed by atoms with Gasteiger partial charge in [0, 0.05) is 12.3 Å². The Morgan fingerprint density at radius 2 is 2.00 bits per heavy atom. The summed E-state index contributed by atoms with van der Waals surface area (Å²) in [6, 6.07) is 0.0608. The van der Waals surface area contributed by atoms with E-state index >= 15 is 0 Å². The van der Waals surface area contributed by atoms with Crippen LogP contribution in [-0.2, 0) is 9.63 Å². The van der Waals surface area contributed by atoms with E-state index in [1.54, 1.807) is 11.1 Å². The van der Waals surface area contributed by atoms with Crippen LogP contribution in [-0.4, -0.2) is 23.6 Å². The van der Waals surface area contributed by atoms with Crippen molar-refractivity contribution in [1.29, 1.82) is 0 Å². The molecule has 2 fully saturated rings. The summed E-state index contributed by atoms with van der Waals surface area (Å²) in [5, 5.41) is 1.64. The van der Waals surface area contributed by atoms with Gasteiger partial charge in [0.05, 0.1) is 12.6 Å². The highest BCUT2D eigenvalue weighted by molar-refractivity contribution is 5.79. The van der Waals surface area contributed by atoms with Crippen LogP contribution in [0.25, 0.3) is 0 Å². The van der Waals surface area contributed by atoms with Crippen molar-refractivity contribution in [3.63, 3.8) is 0 Å². The van der Waals surface area contributed by atoms with Gasteiger partial charge in [-0.15, -0.1) is 0 Å². The summed E-state index contributed by atoms with van der Waals surface area (Å²) >= 11 is 0. The Balaban J connectivity index is 2.07. The van der Waals surface area contributed by atoms with Crippen molar-refractivity contribution >= 4 is 5.91 Å². The molecule has 1 saturated carbocycles. The topological polar surface area (TPSA) is 29.5 Å². The number of hydroxylamine groups is 2. The third-order valence-electron chi connectivity index (χ3n) is 4.22. The van der Waals surface area contributed by atoms with E-state index < -0.39 is 0 Å². The third-order valence-corrected chi connectivity index (χ3v) is 4.22. The largest absolute Gasteiger partial charge is 0.272 e. The van der Waals surface area contributed by atoms with Crippen molar-refractivity contribution in [2.24, 2.45) is 5.92 Å². The second-order valence-corrected chi connectivity index (χ2v) is 5.52. The Hall–Kier alpha value is -1.35. The summed E-state index contributed by atoms with van der Waals surface area (Å²) in [4.78, 5) is 18.3. The lowest BCUT2D eigenvalue weighted by molar-refractivity contribution is -0.179. The molecule has 0 N–H and O–H groups in total. The van der Waals surface area contributed by atoms with Gasteiger partial charge in [0.1, 0.15) is 0 Å². The van der Waals surface area contributed by atoms with Crippen LogP contribution < -0.4 is 0 Å². The summed E-state index contributed by atoms with van der Waals surface area (Å²) < 4.78 is 0. The standard InChI is InChI=1S/C17H25NO2/c1-3-5-9-14(4-2)16-12-13-20-18(16)17(19)15-10-7-6-8-11-15/h3-5,9,15-16H,1,6-8,10-13H2,2H3/b9-5-,14-4+/t16-/m0/s1. The van der Waals surface area contributed by atoms with Crippen molar-refractivity contribution in [3.8, 4) is 0 Å². The van der Waals surface area contributed by atoms with Crippen molar-refractivity contribution in [2.75, 3.05) is 6.61 Å². The zero-order valence-corrected chi connectivity index (χ0v) is 12.4. The molecule has 3 nitrogen and oxygen atoms in total. The normalized spacial score (nSPS) is 25.4. The van der Waals surface area contributed by atoms with Gasteiger partial charge in [-0.1, -0.05) is 50.1 Å². The van der Waals surface area contributed by atoms with Crippen LogP contribution in [0.15, 0.2) is 36.5 Å². The lowest BCUT2D eigenvalue weighted by Crippen LogP contribution is -2.40. The quantitative estimate of drug-likeness (QED) is 0.731. The molecule has 1 aliphatic carbocycles. The molecular formula is C17H25NO2. The van der Waals surface area contributed by atoms with Gasteiger partial charge in [-0.25, -0.2) is 5.06 Å². The van der Waals surface area contributed by atoms with Crippen molar-refractivity contribution in [3.05, 3.63) is 36.5 Å². The van der Waals surface area contributed by atoms with Gasteiger partial charge in [-0.05, 0) is 25.3 Å². The molecule has 20 heavy (non-hydrogen) atoms. The van der Waals surface area contributed by atoms with E-state index in [1.165, 1.54) is 19.3 Å². The van der Waals surface area contributed by atoms with Crippen LogP contribution in [0.5, 0.6) is 0 Å². The highest BCUT2D eigenvalue weighted by Gasteiger charge is 2.36. The maximum atomic E-state index is 12.6. The van der Waals surface area contributed by atoms with Gasteiger partial charge in [-0.3, -0.25) is 9.63 Å². The van der Waals surface area contributed by atoms with Crippen LogP contribution in [0.4, 0.5) is 0 Å². The van der Waals surface area contributed by atoms with Crippen LogP contribution in [0.3, 0.4) is 0 Å². The molecule has 0 aromatic heterocycles. The first kappa shape index (κ1) is 15.0. The molecule has 0 aromatic carbocycles. The van der Waals surface area contributed by atoms with E-state index in [1.807, 2.05) is 19.1 Å². The van der Waals surface area contributed by atoms with E-state index in [0.717, 1.165) is 24.8 Å². The Kier molecular flexibility index (Phi) is 5.60. The van der Waals surface area contributed by atoms with Gasteiger partial charge in [-0.2, -0.15) is 0 Å². The molecule has 1 saturated heterocycles. The number of amides is 1. The van der Waals surface area contributed by atoms with Gasteiger partial charge in [0.2, 0.25) is 5.91 Å². The van der Waals surface area contributed by atoms with E-state index in [9.17, 15) is 4.79 Å². The zero-order valence-electron chi connectivity index (χ0n) is 12.4. The first-order valence-electron chi connectivity index (χ1n) is 7.69. The van der Waals surface area contributed by atoms with Gasteiger partial charge in [0.25, 0.3) is 0 Å². The second-order valence-electron chi connectivity index (χ2n) is 5.52. The van der Waals surface area contributed by atoms with Crippen LogP contribution in [0.1, 0.15) is 45.4 Å². The van der Waals surface area contributed by atoms with Crippen LogP contribution in [0, 0.1) is 5.92 Å². The van der Waals surface area contributed by atoms with Gasteiger partial charge < -0.3 is 0 Å². The fraction of sp³-hybridized carbons (Fsp3) is 0.588. The molecule has 0 unspecified atom stereocenters. The van der Waals surface area contributed by atoms with E-state index in [-0.39, 0.29) is 17.9 Å². The number of carbonyl (C=O) groups excluding carboxylic acids is 1. The summed E-state index contributed by atoms with van der Waals surface area (Å²) in [6.07, 6.45) is 14.2. The fourth-order valence-corrected chi connectivity index (χ4v) is 3.10. The number of allylic oxidation sites excluding steroid dienone is 3. The lowest BCUT2D eigenvalue weighted by Gasteiger charge is -2.29. The zero-order chi connectivity index (χ0) is 14.4. The predicted octanol–water partition coefficient (Wildman–Crippen LogP) is 3.79. The summed E-state index contributed by atoms with van der Waals surface area (Å²) in [7, 11) is 0.